The summed E-state index contributed by atoms with van der Waals surface area (Å²) in [5.74, 6) is -1.85. The van der Waals surface area contributed by atoms with Crippen LogP contribution in [0, 0.1) is 5.92 Å². The zero-order chi connectivity index (χ0) is 18.0. The SMILES string of the molecule is CC(C(=O)O)c1ccc(NC(=O)C2CC(=O)N(C3CCCC3)C2)cc1. The molecule has 2 N–H and O–H groups in total. The fraction of sp³-hybridized carbons (Fsp3) is 0.526. The standard InChI is InChI=1S/C19H24N2O4/c1-12(19(24)25)13-6-8-15(9-7-13)20-18(23)14-10-17(22)21(11-14)16-4-2-3-5-16/h6-9,12,14,16H,2-5,10-11H2,1H3,(H,20,23)(H,24,25). The topological polar surface area (TPSA) is 86.7 Å². The van der Waals surface area contributed by atoms with Gasteiger partial charge in [-0.25, -0.2) is 0 Å². The lowest BCUT2D eigenvalue weighted by molar-refractivity contribution is -0.138. The predicted octanol–water partition coefficient (Wildman–Crippen LogP) is 2.60. The second-order valence-corrected chi connectivity index (χ2v) is 7.06. The molecule has 1 saturated carbocycles. The zero-order valence-corrected chi connectivity index (χ0v) is 14.4. The van der Waals surface area contributed by atoms with Crippen molar-refractivity contribution in [1.82, 2.24) is 4.90 Å². The van der Waals surface area contributed by atoms with Gasteiger partial charge in [-0.2, -0.15) is 0 Å². The third-order valence-corrected chi connectivity index (χ3v) is 5.34. The number of aliphatic carboxylic acids is 1. The van der Waals surface area contributed by atoms with E-state index in [-0.39, 0.29) is 24.2 Å². The molecule has 0 radical (unpaired) electrons. The summed E-state index contributed by atoms with van der Waals surface area (Å²) in [6.45, 7) is 2.13. The first-order valence-electron chi connectivity index (χ1n) is 8.89. The fourth-order valence-electron chi connectivity index (χ4n) is 3.72. The van der Waals surface area contributed by atoms with E-state index < -0.39 is 11.9 Å². The molecule has 3 rings (SSSR count). The first kappa shape index (κ1) is 17.5. The Morgan fingerprint density at radius 1 is 1.20 bits per heavy atom. The van der Waals surface area contributed by atoms with E-state index in [1.165, 1.54) is 0 Å². The lowest BCUT2D eigenvalue weighted by atomic mass is 10.0. The van der Waals surface area contributed by atoms with E-state index in [1.54, 1.807) is 31.2 Å². The van der Waals surface area contributed by atoms with Gasteiger partial charge in [-0.05, 0) is 37.5 Å². The summed E-state index contributed by atoms with van der Waals surface area (Å²) in [6.07, 6.45) is 4.68. The molecule has 0 aromatic heterocycles. The third-order valence-electron chi connectivity index (χ3n) is 5.34. The molecule has 2 fully saturated rings. The molecule has 134 valence electrons. The number of hydrogen-bond acceptors (Lipinski definition) is 3. The van der Waals surface area contributed by atoms with Crippen molar-refractivity contribution in [3.8, 4) is 0 Å². The highest BCUT2D eigenvalue weighted by Crippen LogP contribution is 2.30. The molecule has 0 bridgehead atoms. The quantitative estimate of drug-likeness (QED) is 0.859. The van der Waals surface area contributed by atoms with Gasteiger partial charge < -0.3 is 15.3 Å². The number of carboxylic acid groups (broad SMARTS) is 1. The van der Waals surface area contributed by atoms with Gasteiger partial charge in [-0.15, -0.1) is 0 Å². The van der Waals surface area contributed by atoms with E-state index in [9.17, 15) is 14.4 Å². The molecule has 6 nitrogen and oxygen atoms in total. The average molecular weight is 344 g/mol. The Balaban J connectivity index is 1.59. The highest BCUT2D eigenvalue weighted by Gasteiger charge is 2.38. The van der Waals surface area contributed by atoms with Gasteiger partial charge in [0.05, 0.1) is 11.8 Å². The first-order chi connectivity index (χ1) is 12.0. The zero-order valence-electron chi connectivity index (χ0n) is 14.4. The van der Waals surface area contributed by atoms with Crippen LogP contribution >= 0.6 is 0 Å². The lowest BCUT2D eigenvalue weighted by Gasteiger charge is -2.23. The maximum Gasteiger partial charge on any atom is 0.310 e. The first-order valence-corrected chi connectivity index (χ1v) is 8.89. The highest BCUT2D eigenvalue weighted by atomic mass is 16.4. The number of rotatable bonds is 5. The summed E-state index contributed by atoms with van der Waals surface area (Å²) in [5, 5.41) is 11.9. The average Bonchev–Trinajstić information content (AvgIpc) is 3.24. The van der Waals surface area contributed by atoms with Crippen LogP contribution in [-0.2, 0) is 14.4 Å². The number of amides is 2. The minimum absolute atomic E-state index is 0.0812. The van der Waals surface area contributed by atoms with Gasteiger partial charge in [-0.1, -0.05) is 25.0 Å². The summed E-state index contributed by atoms with van der Waals surface area (Å²) in [5.41, 5.74) is 1.31. The Labute approximate surface area is 147 Å². The summed E-state index contributed by atoms with van der Waals surface area (Å²) in [6, 6.07) is 7.14. The fourth-order valence-corrected chi connectivity index (χ4v) is 3.72. The number of likely N-dealkylation sites (tertiary alicyclic amines) is 1. The van der Waals surface area contributed by atoms with E-state index in [0.717, 1.165) is 25.7 Å². The molecule has 2 atom stereocenters. The summed E-state index contributed by atoms with van der Waals surface area (Å²) in [4.78, 5) is 37.6. The molecule has 1 aliphatic carbocycles. The Morgan fingerprint density at radius 3 is 2.44 bits per heavy atom. The van der Waals surface area contributed by atoms with Gasteiger partial charge >= 0.3 is 5.97 Å². The van der Waals surface area contributed by atoms with Crippen LogP contribution in [0.2, 0.25) is 0 Å². The third kappa shape index (κ3) is 3.83. The number of nitrogens with zero attached hydrogens (tertiary/aromatic N) is 1. The van der Waals surface area contributed by atoms with Crippen LogP contribution in [0.25, 0.3) is 0 Å². The molecule has 1 saturated heterocycles. The molecule has 1 heterocycles. The monoisotopic (exact) mass is 344 g/mol. The van der Waals surface area contributed by atoms with Gasteiger partial charge in [0.1, 0.15) is 0 Å². The number of anilines is 1. The van der Waals surface area contributed by atoms with Crippen molar-refractivity contribution >= 4 is 23.5 Å². The van der Waals surface area contributed by atoms with Crippen LogP contribution in [0.1, 0.15) is 50.5 Å². The Morgan fingerprint density at radius 2 is 1.84 bits per heavy atom. The number of carbonyl (C=O) groups is 3. The molecule has 2 unspecified atom stereocenters. The van der Waals surface area contributed by atoms with Crippen LogP contribution in [0.15, 0.2) is 24.3 Å². The predicted molar refractivity (Wildman–Crippen MR) is 93.2 cm³/mol. The number of benzene rings is 1. The summed E-state index contributed by atoms with van der Waals surface area (Å²) >= 11 is 0. The molecule has 25 heavy (non-hydrogen) atoms. The Kier molecular flexibility index (Phi) is 5.06. The Bertz CT molecular complexity index is 665. The number of carboxylic acids is 1. The smallest absolute Gasteiger partial charge is 0.310 e. The minimum atomic E-state index is -0.881. The lowest BCUT2D eigenvalue weighted by Crippen LogP contribution is -2.35. The molecule has 1 aromatic carbocycles. The molecule has 6 heteroatoms. The molecular weight excluding hydrogens is 320 g/mol. The largest absolute Gasteiger partial charge is 0.481 e. The van der Waals surface area contributed by atoms with Gasteiger partial charge in [0, 0.05) is 24.7 Å². The van der Waals surface area contributed by atoms with Crippen molar-refractivity contribution in [2.45, 2.75) is 51.0 Å². The van der Waals surface area contributed by atoms with Crippen LogP contribution in [0.4, 0.5) is 5.69 Å². The van der Waals surface area contributed by atoms with Gasteiger partial charge in [0.15, 0.2) is 0 Å². The van der Waals surface area contributed by atoms with Crippen LogP contribution in [0.5, 0.6) is 0 Å². The maximum atomic E-state index is 12.5. The van der Waals surface area contributed by atoms with Gasteiger partial charge in [-0.3, -0.25) is 14.4 Å². The van der Waals surface area contributed by atoms with Gasteiger partial charge in [0.2, 0.25) is 11.8 Å². The van der Waals surface area contributed by atoms with E-state index >= 15 is 0 Å². The van der Waals surface area contributed by atoms with E-state index in [4.69, 9.17) is 5.11 Å². The van der Waals surface area contributed by atoms with Crippen molar-refractivity contribution in [3.05, 3.63) is 29.8 Å². The molecular formula is C19H24N2O4. The summed E-state index contributed by atoms with van der Waals surface area (Å²) < 4.78 is 0. The van der Waals surface area contributed by atoms with Crippen molar-refractivity contribution in [3.63, 3.8) is 0 Å². The molecule has 1 aliphatic heterocycles. The highest BCUT2D eigenvalue weighted by molar-refractivity contribution is 5.97. The van der Waals surface area contributed by atoms with Crippen LogP contribution in [0.3, 0.4) is 0 Å². The van der Waals surface area contributed by atoms with Crippen molar-refractivity contribution in [2.75, 3.05) is 11.9 Å². The van der Waals surface area contributed by atoms with E-state index in [2.05, 4.69) is 5.32 Å². The number of carbonyl (C=O) groups excluding carboxylic acids is 2. The maximum absolute atomic E-state index is 12.5. The normalized spacial score (nSPS) is 22.2. The van der Waals surface area contributed by atoms with Crippen molar-refractivity contribution < 1.29 is 19.5 Å². The molecule has 1 aromatic rings. The Hall–Kier alpha value is -2.37. The van der Waals surface area contributed by atoms with E-state index in [0.29, 0.717) is 23.8 Å². The molecule has 0 spiro atoms. The second-order valence-electron chi connectivity index (χ2n) is 7.06. The summed E-state index contributed by atoms with van der Waals surface area (Å²) in [7, 11) is 0. The van der Waals surface area contributed by atoms with E-state index in [1.807, 2.05) is 4.90 Å². The second kappa shape index (κ2) is 7.25. The van der Waals surface area contributed by atoms with Crippen molar-refractivity contribution in [1.29, 1.82) is 0 Å². The molecule has 2 amide bonds. The van der Waals surface area contributed by atoms with Gasteiger partial charge in [0.25, 0.3) is 0 Å². The molecule has 2 aliphatic rings. The van der Waals surface area contributed by atoms with Crippen LogP contribution < -0.4 is 5.32 Å². The minimum Gasteiger partial charge on any atom is -0.481 e. The number of hydrogen-bond donors (Lipinski definition) is 2. The van der Waals surface area contributed by atoms with Crippen molar-refractivity contribution in [2.24, 2.45) is 5.92 Å². The number of nitrogens with one attached hydrogen (secondary N) is 1. The van der Waals surface area contributed by atoms with Crippen LogP contribution in [-0.4, -0.2) is 40.4 Å².